The van der Waals surface area contributed by atoms with Gasteiger partial charge in [-0.2, -0.15) is 0 Å². The van der Waals surface area contributed by atoms with Gasteiger partial charge in [-0.1, -0.05) is 47.1 Å². The highest BCUT2D eigenvalue weighted by Gasteiger charge is 1.96. The number of nitrogens with zero attached hydrogens (tertiary/aromatic N) is 1. The van der Waals surface area contributed by atoms with E-state index >= 15 is 0 Å². The van der Waals surface area contributed by atoms with Crippen molar-refractivity contribution in [3.8, 4) is 0 Å². The lowest BCUT2D eigenvalue weighted by molar-refractivity contribution is 0.214. The van der Waals surface area contributed by atoms with E-state index in [-0.39, 0.29) is 0 Å². The number of benzene rings is 1. The summed E-state index contributed by atoms with van der Waals surface area (Å²) in [5.74, 6) is 0. The molecule has 1 rings (SSSR count). The van der Waals surface area contributed by atoms with Gasteiger partial charge in [-0.25, -0.2) is 0 Å². The summed E-state index contributed by atoms with van der Waals surface area (Å²) in [6.45, 7) is 0. The monoisotopic (exact) mass is 169 g/mol. The average Bonchev–Trinajstić information content (AvgIpc) is 2.07. The standard InChI is InChI=1S/C8H8ClNO/c1-11-10-8(9)7-5-3-2-4-6-7/h2-6H,1H3. The quantitative estimate of drug-likeness (QED) is 0.492. The molecule has 0 unspecified atom stereocenters. The Hall–Kier alpha value is -1.02. The van der Waals surface area contributed by atoms with Crippen LogP contribution in [0, 0.1) is 0 Å². The molecular weight excluding hydrogens is 162 g/mol. The van der Waals surface area contributed by atoms with Gasteiger partial charge in [0.15, 0.2) is 5.17 Å². The van der Waals surface area contributed by atoms with Crippen LogP contribution in [0.5, 0.6) is 0 Å². The summed E-state index contributed by atoms with van der Waals surface area (Å²) in [7, 11) is 1.46. The lowest BCUT2D eigenvalue weighted by atomic mass is 10.2. The molecule has 0 heterocycles. The van der Waals surface area contributed by atoms with Gasteiger partial charge in [0.25, 0.3) is 0 Å². The summed E-state index contributed by atoms with van der Waals surface area (Å²) in [5, 5.41) is 3.95. The predicted molar refractivity (Wildman–Crippen MR) is 45.8 cm³/mol. The van der Waals surface area contributed by atoms with E-state index in [2.05, 4.69) is 9.99 Å². The molecule has 1 aromatic carbocycles. The van der Waals surface area contributed by atoms with Gasteiger partial charge in [0, 0.05) is 5.56 Å². The summed E-state index contributed by atoms with van der Waals surface area (Å²) >= 11 is 5.73. The number of halogens is 1. The van der Waals surface area contributed by atoms with Gasteiger partial charge >= 0.3 is 0 Å². The smallest absolute Gasteiger partial charge is 0.175 e. The molecule has 58 valence electrons. The van der Waals surface area contributed by atoms with Gasteiger partial charge in [-0.15, -0.1) is 0 Å². The van der Waals surface area contributed by atoms with Crippen LogP contribution >= 0.6 is 11.6 Å². The highest BCUT2D eigenvalue weighted by atomic mass is 35.5. The van der Waals surface area contributed by atoms with E-state index in [4.69, 9.17) is 11.6 Å². The highest BCUT2D eigenvalue weighted by Crippen LogP contribution is 2.04. The van der Waals surface area contributed by atoms with E-state index in [1.807, 2.05) is 30.3 Å². The fourth-order valence-electron chi connectivity index (χ4n) is 0.709. The molecule has 0 bridgehead atoms. The molecule has 0 saturated carbocycles. The molecule has 0 radical (unpaired) electrons. The van der Waals surface area contributed by atoms with E-state index in [1.165, 1.54) is 7.11 Å². The molecule has 0 N–H and O–H groups in total. The number of hydrogen-bond donors (Lipinski definition) is 0. The number of hydrogen-bond acceptors (Lipinski definition) is 2. The zero-order valence-electron chi connectivity index (χ0n) is 6.12. The van der Waals surface area contributed by atoms with Crippen LogP contribution in [0.3, 0.4) is 0 Å². The molecule has 0 spiro atoms. The van der Waals surface area contributed by atoms with Crippen molar-refractivity contribution in [3.05, 3.63) is 35.9 Å². The summed E-state index contributed by atoms with van der Waals surface area (Å²) in [6.07, 6.45) is 0. The highest BCUT2D eigenvalue weighted by molar-refractivity contribution is 6.69. The Morgan fingerprint density at radius 3 is 2.55 bits per heavy atom. The molecule has 0 aliphatic carbocycles. The molecule has 3 heteroatoms. The molecule has 11 heavy (non-hydrogen) atoms. The van der Waals surface area contributed by atoms with E-state index in [1.54, 1.807) is 0 Å². The molecule has 0 saturated heterocycles. The molecule has 0 atom stereocenters. The minimum absolute atomic E-state index is 0.369. The second-order valence-electron chi connectivity index (χ2n) is 1.93. The summed E-state index contributed by atoms with van der Waals surface area (Å²) in [6, 6.07) is 9.43. The summed E-state index contributed by atoms with van der Waals surface area (Å²) in [4.78, 5) is 4.51. The van der Waals surface area contributed by atoms with E-state index in [9.17, 15) is 0 Å². The molecule has 0 aromatic heterocycles. The van der Waals surface area contributed by atoms with Crippen LogP contribution in [-0.4, -0.2) is 12.3 Å². The summed E-state index contributed by atoms with van der Waals surface area (Å²) < 4.78 is 0. The zero-order valence-corrected chi connectivity index (χ0v) is 6.88. The third-order valence-electron chi connectivity index (χ3n) is 1.18. The van der Waals surface area contributed by atoms with Crippen molar-refractivity contribution in [2.45, 2.75) is 0 Å². The SMILES string of the molecule is CON=C(Cl)c1ccccc1. The fourth-order valence-corrected chi connectivity index (χ4v) is 0.904. The first kappa shape index (κ1) is 8.08. The first-order chi connectivity index (χ1) is 5.34. The third-order valence-corrected chi connectivity index (χ3v) is 1.47. The topological polar surface area (TPSA) is 21.6 Å². The van der Waals surface area contributed by atoms with E-state index in [0.717, 1.165) is 5.56 Å². The fraction of sp³-hybridized carbons (Fsp3) is 0.125. The van der Waals surface area contributed by atoms with Gasteiger partial charge in [-0.05, 0) is 0 Å². The Morgan fingerprint density at radius 1 is 1.36 bits per heavy atom. The van der Waals surface area contributed by atoms with Crippen molar-refractivity contribution in [1.29, 1.82) is 0 Å². The Kier molecular flexibility index (Phi) is 2.93. The first-order valence-corrected chi connectivity index (χ1v) is 3.54. The Balaban J connectivity index is 2.85. The number of rotatable bonds is 2. The molecule has 2 nitrogen and oxygen atoms in total. The van der Waals surface area contributed by atoms with Crippen molar-refractivity contribution < 1.29 is 4.84 Å². The van der Waals surface area contributed by atoms with Gasteiger partial charge in [-0.3, -0.25) is 0 Å². The van der Waals surface area contributed by atoms with Crippen LogP contribution in [0.4, 0.5) is 0 Å². The maximum atomic E-state index is 5.73. The van der Waals surface area contributed by atoms with Crippen LogP contribution in [0.25, 0.3) is 0 Å². The molecule has 0 aliphatic rings. The molecule has 1 aromatic rings. The van der Waals surface area contributed by atoms with Crippen LogP contribution in [-0.2, 0) is 4.84 Å². The number of oxime groups is 1. The molecule has 0 aliphatic heterocycles. The Morgan fingerprint density at radius 2 is 2.00 bits per heavy atom. The average molecular weight is 170 g/mol. The largest absolute Gasteiger partial charge is 0.398 e. The second kappa shape index (κ2) is 3.98. The van der Waals surface area contributed by atoms with Crippen LogP contribution < -0.4 is 0 Å². The predicted octanol–water partition coefficient (Wildman–Crippen LogP) is 2.23. The minimum atomic E-state index is 0.369. The van der Waals surface area contributed by atoms with Crippen molar-refractivity contribution in [3.63, 3.8) is 0 Å². The Bertz CT molecular complexity index is 246. The zero-order chi connectivity index (χ0) is 8.10. The van der Waals surface area contributed by atoms with Gasteiger partial charge < -0.3 is 4.84 Å². The molecule has 0 amide bonds. The van der Waals surface area contributed by atoms with Crippen molar-refractivity contribution >= 4 is 16.8 Å². The van der Waals surface area contributed by atoms with Gasteiger partial charge in [0.05, 0.1) is 0 Å². The van der Waals surface area contributed by atoms with Gasteiger partial charge in [0.1, 0.15) is 7.11 Å². The van der Waals surface area contributed by atoms with Crippen LogP contribution in [0.1, 0.15) is 5.56 Å². The maximum Gasteiger partial charge on any atom is 0.175 e. The van der Waals surface area contributed by atoms with Crippen molar-refractivity contribution in [2.24, 2.45) is 5.16 Å². The van der Waals surface area contributed by atoms with E-state index in [0.29, 0.717) is 5.17 Å². The second-order valence-corrected chi connectivity index (χ2v) is 2.29. The summed E-state index contributed by atoms with van der Waals surface area (Å²) in [5.41, 5.74) is 0.857. The lowest BCUT2D eigenvalue weighted by Gasteiger charge is -1.94. The van der Waals surface area contributed by atoms with E-state index < -0.39 is 0 Å². The molecular formula is C8H8ClNO. The van der Waals surface area contributed by atoms with Crippen LogP contribution in [0.2, 0.25) is 0 Å². The third kappa shape index (κ3) is 2.24. The molecule has 0 fully saturated rings. The normalized spacial score (nSPS) is 11.3. The Labute approximate surface area is 70.4 Å². The van der Waals surface area contributed by atoms with Crippen molar-refractivity contribution in [1.82, 2.24) is 0 Å². The maximum absolute atomic E-state index is 5.73. The van der Waals surface area contributed by atoms with Crippen LogP contribution in [0.15, 0.2) is 35.5 Å². The lowest BCUT2D eigenvalue weighted by Crippen LogP contribution is -1.90. The van der Waals surface area contributed by atoms with Gasteiger partial charge in [0.2, 0.25) is 0 Å². The van der Waals surface area contributed by atoms with Crippen molar-refractivity contribution in [2.75, 3.05) is 7.11 Å². The minimum Gasteiger partial charge on any atom is -0.398 e. The first-order valence-electron chi connectivity index (χ1n) is 3.16.